The highest BCUT2D eigenvalue weighted by Crippen LogP contribution is 2.44. The fourth-order valence-electron chi connectivity index (χ4n) is 3.06. The van der Waals surface area contributed by atoms with Crippen LogP contribution in [0.25, 0.3) is 0 Å². The molecule has 3 rings (SSSR count). The highest BCUT2D eigenvalue weighted by molar-refractivity contribution is 5.43. The predicted octanol–water partition coefficient (Wildman–Crippen LogP) is 4.09. The van der Waals surface area contributed by atoms with E-state index in [2.05, 4.69) is 5.32 Å². The second-order valence-electron chi connectivity index (χ2n) is 5.31. The largest absolute Gasteiger partial charge is 0.310 e. The van der Waals surface area contributed by atoms with Gasteiger partial charge in [0.15, 0.2) is 17.5 Å². The number of nitrogens with one attached hydrogen (secondary N) is 1. The minimum Gasteiger partial charge on any atom is -0.310 e. The van der Waals surface area contributed by atoms with Gasteiger partial charge in [0, 0.05) is 17.5 Å². The van der Waals surface area contributed by atoms with Crippen molar-refractivity contribution >= 4 is 0 Å². The molecule has 4 heteroatoms. The van der Waals surface area contributed by atoms with E-state index in [0.29, 0.717) is 6.54 Å². The van der Waals surface area contributed by atoms with Crippen molar-refractivity contribution in [3.05, 3.63) is 70.5 Å². The molecule has 2 aromatic carbocycles. The maximum Gasteiger partial charge on any atom is 0.194 e. The third kappa shape index (κ3) is 2.33. The molecule has 0 saturated heterocycles. The molecule has 0 aromatic heterocycles. The highest BCUT2D eigenvalue weighted by Gasteiger charge is 2.35. The van der Waals surface area contributed by atoms with Gasteiger partial charge in [0.05, 0.1) is 0 Å². The van der Waals surface area contributed by atoms with Crippen LogP contribution in [0.5, 0.6) is 0 Å². The SMILES string of the molecule is CCNC(c1ccc(F)c(F)c1F)C1Cc2ccccc21. The Bertz CT molecular complexity index is 669. The lowest BCUT2D eigenvalue weighted by Crippen LogP contribution is -2.34. The van der Waals surface area contributed by atoms with Crippen LogP contribution in [0, 0.1) is 17.5 Å². The third-order valence-corrected chi connectivity index (χ3v) is 4.12. The van der Waals surface area contributed by atoms with Gasteiger partial charge in [0.25, 0.3) is 0 Å². The normalized spacial score (nSPS) is 18.0. The van der Waals surface area contributed by atoms with Crippen molar-refractivity contribution in [2.24, 2.45) is 0 Å². The lowest BCUT2D eigenvalue weighted by molar-refractivity contribution is 0.384. The third-order valence-electron chi connectivity index (χ3n) is 4.12. The Balaban J connectivity index is 1.99. The maximum absolute atomic E-state index is 14.1. The molecule has 0 bridgehead atoms. The van der Waals surface area contributed by atoms with E-state index in [0.717, 1.165) is 18.1 Å². The molecule has 110 valence electrons. The van der Waals surface area contributed by atoms with Crippen LogP contribution in [0.15, 0.2) is 36.4 Å². The van der Waals surface area contributed by atoms with Crippen LogP contribution in [0.4, 0.5) is 13.2 Å². The lowest BCUT2D eigenvalue weighted by Gasteiger charge is -2.37. The molecule has 2 unspecified atom stereocenters. The zero-order valence-electron chi connectivity index (χ0n) is 11.7. The Labute approximate surface area is 121 Å². The summed E-state index contributed by atoms with van der Waals surface area (Å²) in [5.41, 5.74) is 2.57. The fraction of sp³-hybridized carbons (Fsp3) is 0.294. The van der Waals surface area contributed by atoms with E-state index in [9.17, 15) is 13.2 Å². The van der Waals surface area contributed by atoms with Crippen molar-refractivity contribution in [1.29, 1.82) is 0 Å². The molecule has 0 aliphatic heterocycles. The van der Waals surface area contributed by atoms with Gasteiger partial charge in [-0.3, -0.25) is 0 Å². The molecule has 2 atom stereocenters. The molecule has 1 N–H and O–H groups in total. The van der Waals surface area contributed by atoms with Crippen LogP contribution in [-0.2, 0) is 6.42 Å². The molecule has 2 aromatic rings. The van der Waals surface area contributed by atoms with Gasteiger partial charge in [-0.1, -0.05) is 37.3 Å². The predicted molar refractivity (Wildman–Crippen MR) is 75.6 cm³/mol. The summed E-state index contributed by atoms with van der Waals surface area (Å²) in [6.07, 6.45) is 0.812. The van der Waals surface area contributed by atoms with Crippen molar-refractivity contribution in [2.45, 2.75) is 25.3 Å². The van der Waals surface area contributed by atoms with E-state index >= 15 is 0 Å². The van der Waals surface area contributed by atoms with E-state index < -0.39 is 17.5 Å². The summed E-state index contributed by atoms with van der Waals surface area (Å²) in [5.74, 6) is -3.56. The molecule has 1 aliphatic carbocycles. The van der Waals surface area contributed by atoms with Gasteiger partial charge in [0.1, 0.15) is 0 Å². The number of hydrogen-bond acceptors (Lipinski definition) is 1. The van der Waals surface area contributed by atoms with Crippen molar-refractivity contribution in [3.8, 4) is 0 Å². The van der Waals surface area contributed by atoms with Crippen molar-refractivity contribution in [3.63, 3.8) is 0 Å². The molecular formula is C17H16F3N. The summed E-state index contributed by atoms with van der Waals surface area (Å²) in [4.78, 5) is 0. The van der Waals surface area contributed by atoms with Gasteiger partial charge in [-0.15, -0.1) is 0 Å². The van der Waals surface area contributed by atoms with Crippen LogP contribution in [0.1, 0.15) is 35.6 Å². The molecule has 0 amide bonds. The first kappa shape index (κ1) is 14.1. The average Bonchev–Trinajstić information content (AvgIpc) is 2.46. The van der Waals surface area contributed by atoms with Crippen LogP contribution in [0.3, 0.4) is 0 Å². The minimum absolute atomic E-state index is 0.0838. The lowest BCUT2D eigenvalue weighted by atomic mass is 9.71. The van der Waals surface area contributed by atoms with Gasteiger partial charge in [0.2, 0.25) is 0 Å². The number of likely N-dealkylation sites (N-methyl/N-ethyl adjacent to an activating group) is 1. The van der Waals surface area contributed by atoms with Crippen molar-refractivity contribution < 1.29 is 13.2 Å². The Morgan fingerprint density at radius 1 is 1.10 bits per heavy atom. The van der Waals surface area contributed by atoms with Crippen molar-refractivity contribution in [1.82, 2.24) is 5.32 Å². The summed E-state index contributed by atoms with van der Waals surface area (Å²) >= 11 is 0. The summed E-state index contributed by atoms with van der Waals surface area (Å²) in [7, 11) is 0. The Kier molecular flexibility index (Phi) is 3.72. The minimum atomic E-state index is -1.40. The number of rotatable bonds is 4. The first-order valence-electron chi connectivity index (χ1n) is 7.08. The zero-order chi connectivity index (χ0) is 15.0. The second kappa shape index (κ2) is 5.53. The van der Waals surface area contributed by atoms with E-state index in [1.807, 2.05) is 31.2 Å². The molecule has 0 fully saturated rings. The monoisotopic (exact) mass is 291 g/mol. The standard InChI is InChI=1S/C17H16F3N/c1-2-21-17(12-7-8-14(18)16(20)15(12)19)13-9-10-5-3-4-6-11(10)13/h3-8,13,17,21H,2,9H2,1H3. The fourth-order valence-corrected chi connectivity index (χ4v) is 3.06. The van der Waals surface area contributed by atoms with Gasteiger partial charge in [-0.05, 0) is 30.2 Å². The number of fused-ring (bicyclic) bond motifs is 1. The van der Waals surface area contributed by atoms with Crippen LogP contribution < -0.4 is 5.32 Å². The number of hydrogen-bond donors (Lipinski definition) is 1. The molecule has 0 radical (unpaired) electrons. The molecule has 1 aliphatic rings. The summed E-state index contributed by atoms with van der Waals surface area (Å²) in [5, 5.41) is 3.20. The van der Waals surface area contributed by atoms with Crippen LogP contribution >= 0.6 is 0 Å². The van der Waals surface area contributed by atoms with Crippen molar-refractivity contribution in [2.75, 3.05) is 6.54 Å². The Hall–Kier alpha value is -1.81. The van der Waals surface area contributed by atoms with Crippen LogP contribution in [0.2, 0.25) is 0 Å². The summed E-state index contributed by atoms with van der Waals surface area (Å²) in [6.45, 7) is 2.54. The summed E-state index contributed by atoms with van der Waals surface area (Å²) in [6, 6.07) is 9.93. The average molecular weight is 291 g/mol. The Morgan fingerprint density at radius 3 is 2.57 bits per heavy atom. The molecule has 21 heavy (non-hydrogen) atoms. The molecule has 0 spiro atoms. The summed E-state index contributed by atoms with van der Waals surface area (Å²) < 4.78 is 40.7. The number of halogens is 3. The van der Waals surface area contributed by atoms with Gasteiger partial charge < -0.3 is 5.32 Å². The van der Waals surface area contributed by atoms with Gasteiger partial charge in [-0.2, -0.15) is 0 Å². The topological polar surface area (TPSA) is 12.0 Å². The quantitative estimate of drug-likeness (QED) is 0.836. The smallest absolute Gasteiger partial charge is 0.194 e. The van der Waals surface area contributed by atoms with E-state index in [4.69, 9.17) is 0 Å². The van der Waals surface area contributed by atoms with Crippen LogP contribution in [-0.4, -0.2) is 6.54 Å². The van der Waals surface area contributed by atoms with Gasteiger partial charge in [-0.25, -0.2) is 13.2 Å². The first-order chi connectivity index (χ1) is 10.1. The number of benzene rings is 2. The molecule has 1 nitrogen and oxygen atoms in total. The van der Waals surface area contributed by atoms with E-state index in [1.54, 1.807) is 0 Å². The first-order valence-corrected chi connectivity index (χ1v) is 7.08. The molecular weight excluding hydrogens is 275 g/mol. The van der Waals surface area contributed by atoms with Gasteiger partial charge >= 0.3 is 0 Å². The van der Waals surface area contributed by atoms with E-state index in [1.165, 1.54) is 11.6 Å². The van der Waals surface area contributed by atoms with E-state index in [-0.39, 0.29) is 17.5 Å². The molecule has 0 heterocycles. The maximum atomic E-state index is 14.1. The second-order valence-corrected chi connectivity index (χ2v) is 5.31. The highest BCUT2D eigenvalue weighted by atomic mass is 19.2. The molecule has 0 saturated carbocycles. The zero-order valence-corrected chi connectivity index (χ0v) is 11.7. The Morgan fingerprint density at radius 2 is 1.86 bits per heavy atom.